The normalized spacial score (nSPS) is 54.9. The van der Waals surface area contributed by atoms with Gasteiger partial charge >= 0.3 is 11.9 Å². The van der Waals surface area contributed by atoms with Crippen molar-refractivity contribution in [3.05, 3.63) is 11.6 Å². The first kappa shape index (κ1) is 36.2. The lowest BCUT2D eigenvalue weighted by Gasteiger charge is -2.72. The number of aliphatic hydroxyl groups excluding tert-OH is 4. The van der Waals surface area contributed by atoms with Crippen LogP contribution in [0.15, 0.2) is 11.6 Å². The summed E-state index contributed by atoms with van der Waals surface area (Å²) >= 11 is 0. The van der Waals surface area contributed by atoms with Crippen molar-refractivity contribution in [2.75, 3.05) is 13.7 Å². The van der Waals surface area contributed by atoms with Crippen LogP contribution in [0.1, 0.15) is 99.3 Å². The van der Waals surface area contributed by atoms with Gasteiger partial charge in [0.15, 0.2) is 12.4 Å². The van der Waals surface area contributed by atoms with Gasteiger partial charge in [-0.2, -0.15) is 0 Å². The molecule has 11 nitrogen and oxygen atoms in total. The van der Waals surface area contributed by atoms with E-state index in [0.29, 0.717) is 25.7 Å². The molecular weight excluding hydrogens is 620 g/mol. The van der Waals surface area contributed by atoms with Crippen LogP contribution in [-0.2, 0) is 23.8 Å². The predicted molar refractivity (Wildman–Crippen MR) is 173 cm³/mol. The highest BCUT2D eigenvalue weighted by Crippen LogP contribution is 2.76. The van der Waals surface area contributed by atoms with Crippen molar-refractivity contribution in [1.29, 1.82) is 0 Å². The molecule has 16 unspecified atom stereocenters. The highest BCUT2D eigenvalue weighted by molar-refractivity contribution is 5.77. The van der Waals surface area contributed by atoms with Crippen molar-refractivity contribution in [1.82, 2.24) is 0 Å². The number of allylic oxidation sites excluding steroid dienone is 1. The second kappa shape index (κ2) is 11.7. The smallest absolute Gasteiger partial charge is 0.337 e. The number of methoxy groups -OCH3 is 1. The largest absolute Gasteiger partial charge is 0.481 e. The Hall–Kier alpha value is -1.60. The molecule has 0 aromatic carbocycles. The molecule has 16 atom stereocenters. The van der Waals surface area contributed by atoms with Crippen molar-refractivity contribution in [3.63, 3.8) is 0 Å². The number of carboxylic acids is 1. The number of aliphatic hydroxyl groups is 5. The van der Waals surface area contributed by atoms with Crippen molar-refractivity contribution in [2.45, 2.75) is 142 Å². The number of carboxylic acid groups (broad SMARTS) is 1. The molecule has 6 N–H and O–H groups in total. The second-order valence-corrected chi connectivity index (χ2v) is 17.6. The van der Waals surface area contributed by atoms with E-state index in [1.54, 1.807) is 0 Å². The van der Waals surface area contributed by atoms with Gasteiger partial charge in [0.25, 0.3) is 0 Å². The summed E-state index contributed by atoms with van der Waals surface area (Å²) in [6.45, 7) is 12.7. The molecule has 48 heavy (non-hydrogen) atoms. The van der Waals surface area contributed by atoms with Crippen LogP contribution in [0.3, 0.4) is 0 Å². The first-order chi connectivity index (χ1) is 22.3. The fraction of sp³-hybridized carbons (Fsp3) is 0.892. The Kier molecular flexibility index (Phi) is 8.84. The minimum atomic E-state index is -1.69. The maximum atomic E-state index is 13.0. The number of hydrogen-bond donors (Lipinski definition) is 6. The van der Waals surface area contributed by atoms with Gasteiger partial charge in [-0.3, -0.25) is 4.79 Å². The molecule has 272 valence electrons. The molecule has 6 rings (SSSR count). The number of fused-ring (bicyclic) bond motifs is 7. The van der Waals surface area contributed by atoms with E-state index in [-0.39, 0.29) is 40.6 Å². The minimum absolute atomic E-state index is 0.0171. The van der Waals surface area contributed by atoms with Gasteiger partial charge in [-0.25, -0.2) is 4.79 Å². The second-order valence-electron chi connectivity index (χ2n) is 17.6. The zero-order chi connectivity index (χ0) is 35.4. The zero-order valence-electron chi connectivity index (χ0n) is 29.6. The van der Waals surface area contributed by atoms with E-state index >= 15 is 0 Å². The molecule has 0 amide bonds. The monoisotopic (exact) mass is 678 g/mol. The van der Waals surface area contributed by atoms with E-state index in [1.165, 1.54) is 0 Å². The molecule has 0 bridgehead atoms. The highest BCUT2D eigenvalue weighted by Gasteiger charge is 2.72. The summed E-state index contributed by atoms with van der Waals surface area (Å²) in [4.78, 5) is 25.3. The molecule has 5 fully saturated rings. The van der Waals surface area contributed by atoms with E-state index in [1.807, 2.05) is 20.8 Å². The van der Waals surface area contributed by atoms with E-state index in [9.17, 15) is 40.2 Å². The van der Waals surface area contributed by atoms with Gasteiger partial charge in [0.2, 0.25) is 0 Å². The van der Waals surface area contributed by atoms with Crippen molar-refractivity contribution in [2.24, 2.45) is 50.7 Å². The van der Waals surface area contributed by atoms with Crippen molar-refractivity contribution >= 4 is 11.9 Å². The maximum absolute atomic E-state index is 13.0. The first-order valence-corrected chi connectivity index (χ1v) is 18.0. The molecule has 1 heterocycles. The van der Waals surface area contributed by atoms with Crippen LogP contribution < -0.4 is 0 Å². The average molecular weight is 679 g/mol. The van der Waals surface area contributed by atoms with E-state index in [0.717, 1.165) is 44.8 Å². The number of carbonyl (C=O) groups is 2. The molecule has 11 heteroatoms. The Labute approximate surface area is 284 Å². The Morgan fingerprint density at radius 2 is 1.60 bits per heavy atom. The van der Waals surface area contributed by atoms with E-state index < -0.39 is 71.1 Å². The Balaban J connectivity index is 1.32. The minimum Gasteiger partial charge on any atom is -0.481 e. The zero-order valence-corrected chi connectivity index (χ0v) is 29.6. The fourth-order valence-corrected chi connectivity index (χ4v) is 12.5. The van der Waals surface area contributed by atoms with Crippen LogP contribution in [0.2, 0.25) is 0 Å². The third kappa shape index (κ3) is 4.63. The fourth-order valence-electron chi connectivity index (χ4n) is 12.5. The molecule has 6 aliphatic rings. The molecule has 1 aliphatic heterocycles. The van der Waals surface area contributed by atoms with Gasteiger partial charge in [0.05, 0.1) is 30.8 Å². The lowest BCUT2D eigenvalue weighted by atomic mass is 9.33. The van der Waals surface area contributed by atoms with E-state index in [4.69, 9.17) is 14.2 Å². The molecule has 0 spiro atoms. The van der Waals surface area contributed by atoms with Crippen LogP contribution in [0, 0.1) is 50.7 Å². The van der Waals surface area contributed by atoms with Gasteiger partial charge in [-0.15, -0.1) is 0 Å². The summed E-state index contributed by atoms with van der Waals surface area (Å²) in [7, 11) is 1.14. The van der Waals surface area contributed by atoms with Crippen molar-refractivity contribution < 1.29 is 54.4 Å². The summed E-state index contributed by atoms with van der Waals surface area (Å²) in [5.41, 5.74) is -2.44. The van der Waals surface area contributed by atoms with Crippen LogP contribution in [-0.4, -0.2) is 98.7 Å². The third-order valence-corrected chi connectivity index (χ3v) is 15.9. The Morgan fingerprint density at radius 1 is 0.917 bits per heavy atom. The van der Waals surface area contributed by atoms with Gasteiger partial charge < -0.3 is 44.8 Å². The molecule has 4 saturated carbocycles. The number of hydrogen-bond acceptors (Lipinski definition) is 10. The number of rotatable bonds is 5. The molecular formula is C37H58O11. The van der Waals surface area contributed by atoms with Gasteiger partial charge in [0, 0.05) is 11.3 Å². The lowest BCUT2D eigenvalue weighted by Crippen LogP contribution is -2.68. The van der Waals surface area contributed by atoms with Crippen LogP contribution in [0.4, 0.5) is 0 Å². The highest BCUT2D eigenvalue weighted by atomic mass is 16.7. The molecule has 1 saturated heterocycles. The third-order valence-electron chi connectivity index (χ3n) is 15.9. The molecule has 0 aromatic heterocycles. The van der Waals surface area contributed by atoms with Gasteiger partial charge in [0.1, 0.15) is 18.3 Å². The van der Waals surface area contributed by atoms with E-state index in [2.05, 4.69) is 26.8 Å². The number of carbonyl (C=O) groups excluding carboxylic acids is 1. The molecule has 0 radical (unpaired) electrons. The summed E-state index contributed by atoms with van der Waals surface area (Å²) in [6, 6.07) is 0. The first-order valence-electron chi connectivity index (χ1n) is 18.0. The standard InChI is InChI=1S/C37H58O11/c1-19-10-15-37(31(43)44)17-16-34(4)20(28(37)36(19,6)45)8-9-22-32(2)13-12-23(33(3,18-38)21(32)11-14-35(22,34)5)47-30-26(41)24(39)25(40)27(48-30)29(42)46-7/h8,19,21-28,30,38-41,45H,9-18H2,1-7H3,(H,43,44). The maximum Gasteiger partial charge on any atom is 0.337 e. The van der Waals surface area contributed by atoms with Crippen molar-refractivity contribution in [3.8, 4) is 0 Å². The van der Waals surface area contributed by atoms with Crippen LogP contribution in [0.25, 0.3) is 0 Å². The number of esters is 1. The summed E-state index contributed by atoms with van der Waals surface area (Å²) in [6.07, 6.45) is 0.0431. The predicted octanol–water partition coefficient (Wildman–Crippen LogP) is 3.18. The number of ether oxygens (including phenoxy) is 3. The topological polar surface area (TPSA) is 183 Å². The summed E-state index contributed by atoms with van der Waals surface area (Å²) < 4.78 is 16.8. The summed E-state index contributed by atoms with van der Waals surface area (Å²) in [5, 5.41) is 65.6. The average Bonchev–Trinajstić information content (AvgIpc) is 3.04. The molecule has 0 aromatic rings. The van der Waals surface area contributed by atoms with Crippen LogP contribution >= 0.6 is 0 Å². The van der Waals surface area contributed by atoms with Crippen LogP contribution in [0.5, 0.6) is 0 Å². The molecule has 5 aliphatic carbocycles. The number of aliphatic carboxylic acids is 1. The van der Waals surface area contributed by atoms with Gasteiger partial charge in [-0.05, 0) is 98.7 Å². The lowest BCUT2D eigenvalue weighted by molar-refractivity contribution is -0.327. The SMILES string of the molecule is COC(=O)C1OC(OC2CCC3(C)C(CCC4(C)C3CC=C3C5C(C(=O)O)(CCC(C)C5(C)O)CCC34C)C2(C)CO)C(O)C(O)C1O. The Morgan fingerprint density at radius 3 is 2.23 bits per heavy atom. The summed E-state index contributed by atoms with van der Waals surface area (Å²) in [5.74, 6) is -1.90. The van der Waals surface area contributed by atoms with Gasteiger partial charge in [-0.1, -0.05) is 46.3 Å². The quantitative estimate of drug-likeness (QED) is 0.143. The Bertz CT molecular complexity index is 1330.